The van der Waals surface area contributed by atoms with E-state index in [1.165, 1.54) is 12.1 Å². The van der Waals surface area contributed by atoms with E-state index in [1.54, 1.807) is 12.1 Å². The van der Waals surface area contributed by atoms with Crippen LogP contribution in [0.15, 0.2) is 42.5 Å². The maximum absolute atomic E-state index is 13.0. The second-order valence-electron chi connectivity index (χ2n) is 3.61. The van der Waals surface area contributed by atoms with Gasteiger partial charge in [-0.05, 0) is 24.3 Å². The fraction of sp³-hybridized carbons (Fsp3) is 0.0667. The fourth-order valence-corrected chi connectivity index (χ4v) is 1.91. The Hall–Kier alpha value is -1.98. The Kier molecular flexibility index (Phi) is 3.86. The smallest absolute Gasteiger partial charge is 0.148 e. The van der Waals surface area contributed by atoms with Crippen molar-refractivity contribution in [3.63, 3.8) is 0 Å². The van der Waals surface area contributed by atoms with Crippen LogP contribution in [0.4, 0.5) is 4.39 Å². The summed E-state index contributed by atoms with van der Waals surface area (Å²) in [4.78, 5) is 0. The van der Waals surface area contributed by atoms with Gasteiger partial charge in [0.05, 0.1) is 5.02 Å². The molecular weight excluding hydrogens is 251 g/mol. The summed E-state index contributed by atoms with van der Waals surface area (Å²) in [5.41, 5.74) is 1.50. The van der Waals surface area contributed by atoms with Gasteiger partial charge in [-0.3, -0.25) is 0 Å². The van der Waals surface area contributed by atoms with Gasteiger partial charge < -0.3 is 4.74 Å². The van der Waals surface area contributed by atoms with E-state index in [9.17, 15) is 4.39 Å². The van der Waals surface area contributed by atoms with Gasteiger partial charge >= 0.3 is 0 Å². The predicted molar refractivity (Wildman–Crippen MR) is 71.2 cm³/mol. The molecule has 0 aliphatic heterocycles. The predicted octanol–water partition coefficient (Wildman–Crippen LogP) is 4.16. The van der Waals surface area contributed by atoms with Crippen molar-refractivity contribution in [2.75, 3.05) is 6.61 Å². The molecule has 3 heteroatoms. The van der Waals surface area contributed by atoms with Gasteiger partial charge in [0.25, 0.3) is 0 Å². The van der Waals surface area contributed by atoms with Crippen molar-refractivity contribution in [1.82, 2.24) is 0 Å². The van der Waals surface area contributed by atoms with Crippen LogP contribution >= 0.6 is 11.6 Å². The molecule has 1 nitrogen and oxygen atoms in total. The summed E-state index contributed by atoms with van der Waals surface area (Å²) in [5, 5.41) is 0.340. The van der Waals surface area contributed by atoms with Gasteiger partial charge in [0, 0.05) is 11.1 Å². The van der Waals surface area contributed by atoms with E-state index in [2.05, 4.69) is 5.92 Å². The monoisotopic (exact) mass is 260 g/mol. The number of terminal acetylenes is 1. The average molecular weight is 261 g/mol. The Labute approximate surface area is 110 Å². The largest absolute Gasteiger partial charge is 0.480 e. The van der Waals surface area contributed by atoms with E-state index in [1.807, 2.05) is 18.2 Å². The molecule has 0 radical (unpaired) electrons. The maximum atomic E-state index is 13.0. The van der Waals surface area contributed by atoms with Crippen LogP contribution in [-0.2, 0) is 0 Å². The molecule has 2 aromatic carbocycles. The van der Waals surface area contributed by atoms with Crippen molar-refractivity contribution in [3.05, 3.63) is 53.3 Å². The minimum Gasteiger partial charge on any atom is -0.480 e. The third-order valence-electron chi connectivity index (χ3n) is 2.42. The van der Waals surface area contributed by atoms with E-state index >= 15 is 0 Å². The quantitative estimate of drug-likeness (QED) is 0.753. The van der Waals surface area contributed by atoms with Crippen molar-refractivity contribution in [1.29, 1.82) is 0 Å². The van der Waals surface area contributed by atoms with Crippen LogP contribution in [-0.4, -0.2) is 6.61 Å². The molecule has 0 unspecified atom stereocenters. The normalized spacial score (nSPS) is 9.83. The molecule has 90 valence electrons. The molecule has 0 saturated heterocycles. The van der Waals surface area contributed by atoms with Crippen LogP contribution in [0.25, 0.3) is 11.1 Å². The Bertz CT molecular complexity index is 602. The number of benzene rings is 2. The standard InChI is InChI=1S/C15H10ClFO/c1-2-9-18-15-6-4-3-5-13(15)12-8-7-11(17)10-14(12)16/h1,3-8,10H,9H2. The van der Waals surface area contributed by atoms with E-state index in [-0.39, 0.29) is 12.4 Å². The van der Waals surface area contributed by atoms with Gasteiger partial charge in [0.15, 0.2) is 0 Å². The highest BCUT2D eigenvalue weighted by Crippen LogP contribution is 2.34. The van der Waals surface area contributed by atoms with E-state index in [0.717, 1.165) is 5.56 Å². The summed E-state index contributed by atoms with van der Waals surface area (Å²) in [6.07, 6.45) is 5.16. The molecule has 2 rings (SSSR count). The highest BCUT2D eigenvalue weighted by Gasteiger charge is 2.09. The van der Waals surface area contributed by atoms with Crippen LogP contribution in [0, 0.1) is 18.2 Å². The second-order valence-corrected chi connectivity index (χ2v) is 4.02. The third kappa shape index (κ3) is 2.64. The average Bonchev–Trinajstić information content (AvgIpc) is 2.37. The summed E-state index contributed by atoms with van der Waals surface area (Å²) < 4.78 is 18.5. The SMILES string of the molecule is C#CCOc1ccccc1-c1ccc(F)cc1Cl. The zero-order valence-electron chi connectivity index (χ0n) is 9.49. The molecule has 0 bridgehead atoms. The van der Waals surface area contributed by atoms with E-state index in [0.29, 0.717) is 16.3 Å². The molecule has 0 heterocycles. The highest BCUT2D eigenvalue weighted by molar-refractivity contribution is 6.33. The highest BCUT2D eigenvalue weighted by atomic mass is 35.5. The molecule has 2 aromatic rings. The molecule has 0 aliphatic carbocycles. The van der Waals surface area contributed by atoms with Gasteiger partial charge in [-0.1, -0.05) is 35.7 Å². The molecule has 0 spiro atoms. The Morgan fingerprint density at radius 2 is 1.94 bits per heavy atom. The number of para-hydroxylation sites is 1. The zero-order chi connectivity index (χ0) is 13.0. The number of halogens is 2. The lowest BCUT2D eigenvalue weighted by Crippen LogP contribution is -1.95. The first kappa shape index (κ1) is 12.5. The molecular formula is C15H10ClFO. The van der Waals surface area contributed by atoms with E-state index in [4.69, 9.17) is 22.8 Å². The maximum Gasteiger partial charge on any atom is 0.148 e. The molecule has 0 amide bonds. The summed E-state index contributed by atoms with van der Waals surface area (Å²) in [7, 11) is 0. The van der Waals surface area contributed by atoms with Crippen molar-refractivity contribution >= 4 is 11.6 Å². The fourth-order valence-electron chi connectivity index (χ4n) is 1.64. The van der Waals surface area contributed by atoms with Gasteiger partial charge in [-0.25, -0.2) is 4.39 Å². The Morgan fingerprint density at radius 3 is 2.67 bits per heavy atom. The van der Waals surface area contributed by atoms with Crippen molar-refractivity contribution in [2.24, 2.45) is 0 Å². The van der Waals surface area contributed by atoms with Crippen molar-refractivity contribution < 1.29 is 9.13 Å². The lowest BCUT2D eigenvalue weighted by Gasteiger charge is -2.11. The van der Waals surface area contributed by atoms with Crippen molar-refractivity contribution in [3.8, 4) is 29.2 Å². The van der Waals surface area contributed by atoms with Gasteiger partial charge in [0.1, 0.15) is 18.2 Å². The third-order valence-corrected chi connectivity index (χ3v) is 2.73. The molecule has 0 aliphatic rings. The summed E-state index contributed by atoms with van der Waals surface area (Å²) in [6.45, 7) is 0.176. The minimum atomic E-state index is -0.370. The Balaban J connectivity index is 2.47. The molecule has 18 heavy (non-hydrogen) atoms. The molecule has 0 atom stereocenters. The molecule has 0 aromatic heterocycles. The first-order valence-electron chi connectivity index (χ1n) is 5.33. The van der Waals surface area contributed by atoms with Crippen LogP contribution in [0.3, 0.4) is 0 Å². The first-order chi connectivity index (χ1) is 8.72. The summed E-state index contributed by atoms with van der Waals surface area (Å²) in [5.74, 6) is 2.66. The van der Waals surface area contributed by atoms with Gasteiger partial charge in [-0.2, -0.15) is 0 Å². The second kappa shape index (κ2) is 5.57. The van der Waals surface area contributed by atoms with Crippen LogP contribution in [0.1, 0.15) is 0 Å². The van der Waals surface area contributed by atoms with Crippen molar-refractivity contribution in [2.45, 2.75) is 0 Å². The topological polar surface area (TPSA) is 9.23 Å². The molecule has 0 N–H and O–H groups in total. The molecule has 0 fully saturated rings. The number of hydrogen-bond acceptors (Lipinski definition) is 1. The van der Waals surface area contributed by atoms with Crippen LogP contribution in [0.2, 0.25) is 5.02 Å². The number of hydrogen-bond donors (Lipinski definition) is 0. The molecule has 0 saturated carbocycles. The Morgan fingerprint density at radius 1 is 1.17 bits per heavy atom. The van der Waals surface area contributed by atoms with Crippen LogP contribution < -0.4 is 4.74 Å². The van der Waals surface area contributed by atoms with Gasteiger partial charge in [0.2, 0.25) is 0 Å². The van der Waals surface area contributed by atoms with E-state index < -0.39 is 0 Å². The number of ether oxygens (including phenoxy) is 1. The lowest BCUT2D eigenvalue weighted by molar-refractivity contribution is 0.372. The van der Waals surface area contributed by atoms with Gasteiger partial charge in [-0.15, -0.1) is 6.42 Å². The summed E-state index contributed by atoms with van der Waals surface area (Å²) >= 11 is 6.03. The zero-order valence-corrected chi connectivity index (χ0v) is 10.2. The lowest BCUT2D eigenvalue weighted by atomic mass is 10.0. The summed E-state index contributed by atoms with van der Waals surface area (Å²) in [6, 6.07) is 11.6. The van der Waals surface area contributed by atoms with Crippen LogP contribution in [0.5, 0.6) is 5.75 Å². The first-order valence-corrected chi connectivity index (χ1v) is 5.71. The minimum absolute atomic E-state index is 0.176. The number of rotatable bonds is 3.